The highest BCUT2D eigenvalue weighted by atomic mass is 16.5. The van der Waals surface area contributed by atoms with Crippen molar-refractivity contribution in [3.8, 4) is 0 Å². The van der Waals surface area contributed by atoms with Crippen LogP contribution in [0, 0.1) is 5.41 Å². The van der Waals surface area contributed by atoms with E-state index in [0.717, 1.165) is 17.6 Å². The van der Waals surface area contributed by atoms with Gasteiger partial charge in [-0.2, -0.15) is 0 Å². The largest absolute Gasteiger partial charge is 0.445 e. The number of benzene rings is 1. The Balaban J connectivity index is 2.30. The number of rotatable bonds is 6. The number of hydrogen-bond donors (Lipinski definition) is 1. The maximum absolute atomic E-state index is 11.6. The molecule has 0 heterocycles. The highest BCUT2D eigenvalue weighted by Crippen LogP contribution is 2.23. The van der Waals surface area contributed by atoms with Gasteiger partial charge >= 0.3 is 6.09 Å². The Morgan fingerprint density at radius 3 is 2.53 bits per heavy atom. The first-order valence-electron chi connectivity index (χ1n) is 6.48. The van der Waals surface area contributed by atoms with Gasteiger partial charge in [-0.25, -0.2) is 4.79 Å². The van der Waals surface area contributed by atoms with Crippen LogP contribution in [-0.2, 0) is 11.3 Å². The first kappa shape index (κ1) is 15.3. The van der Waals surface area contributed by atoms with Gasteiger partial charge in [0.25, 0.3) is 0 Å². The van der Waals surface area contributed by atoms with Crippen LogP contribution in [0.3, 0.4) is 0 Å². The molecular weight excluding hydrogens is 238 g/mol. The number of allylic oxidation sites excluding steroid dienone is 1. The summed E-state index contributed by atoms with van der Waals surface area (Å²) in [6.07, 6.45) is 0.505. The Morgan fingerprint density at radius 1 is 1.32 bits per heavy atom. The number of ether oxygens (including phenoxy) is 1. The third-order valence-electron chi connectivity index (χ3n) is 2.70. The third kappa shape index (κ3) is 6.65. The van der Waals surface area contributed by atoms with Crippen molar-refractivity contribution >= 4 is 6.09 Å². The molecule has 0 aliphatic carbocycles. The Morgan fingerprint density at radius 2 is 1.95 bits per heavy atom. The molecular formula is C16H23NO2. The lowest BCUT2D eigenvalue weighted by atomic mass is 9.86. The Bertz CT molecular complexity index is 424. The lowest BCUT2D eigenvalue weighted by Gasteiger charge is -2.24. The fourth-order valence-corrected chi connectivity index (χ4v) is 1.97. The Kier molecular flexibility index (Phi) is 5.61. The van der Waals surface area contributed by atoms with Crippen LogP contribution < -0.4 is 5.32 Å². The van der Waals surface area contributed by atoms with E-state index in [4.69, 9.17) is 4.74 Å². The van der Waals surface area contributed by atoms with E-state index in [2.05, 4.69) is 25.7 Å². The van der Waals surface area contributed by atoms with Crippen molar-refractivity contribution in [1.82, 2.24) is 5.32 Å². The van der Waals surface area contributed by atoms with Crippen molar-refractivity contribution in [2.24, 2.45) is 5.41 Å². The van der Waals surface area contributed by atoms with Crippen molar-refractivity contribution in [2.75, 3.05) is 6.54 Å². The molecule has 1 rings (SSSR count). The Hall–Kier alpha value is -1.77. The molecule has 3 heteroatoms. The van der Waals surface area contributed by atoms with Crippen molar-refractivity contribution in [1.29, 1.82) is 0 Å². The second kappa shape index (κ2) is 6.98. The summed E-state index contributed by atoms with van der Waals surface area (Å²) in [5.41, 5.74) is 2.10. The molecule has 0 fully saturated rings. The summed E-state index contributed by atoms with van der Waals surface area (Å²) in [5, 5.41) is 2.80. The average Bonchev–Trinajstić information content (AvgIpc) is 2.34. The van der Waals surface area contributed by atoms with Crippen LogP contribution in [0.25, 0.3) is 0 Å². The minimum Gasteiger partial charge on any atom is -0.445 e. The van der Waals surface area contributed by atoms with E-state index >= 15 is 0 Å². The first-order chi connectivity index (χ1) is 8.89. The highest BCUT2D eigenvalue weighted by molar-refractivity contribution is 5.67. The standard InChI is InChI=1S/C16H23NO2/c1-13(2)10-16(3,4)12-17-15(18)19-11-14-8-6-5-7-9-14/h5-9H,1,10-12H2,2-4H3,(H,17,18). The SMILES string of the molecule is C=C(C)CC(C)(C)CNC(=O)OCc1ccccc1. The average molecular weight is 261 g/mol. The molecule has 0 radical (unpaired) electrons. The van der Waals surface area contributed by atoms with Gasteiger partial charge in [0.1, 0.15) is 6.61 Å². The second-order valence-corrected chi connectivity index (χ2v) is 5.71. The van der Waals surface area contributed by atoms with E-state index in [0.29, 0.717) is 13.2 Å². The smallest absolute Gasteiger partial charge is 0.407 e. The quantitative estimate of drug-likeness (QED) is 0.789. The van der Waals surface area contributed by atoms with Gasteiger partial charge in [-0.15, -0.1) is 6.58 Å². The van der Waals surface area contributed by atoms with Gasteiger partial charge < -0.3 is 10.1 Å². The topological polar surface area (TPSA) is 38.3 Å². The predicted molar refractivity (Wildman–Crippen MR) is 77.8 cm³/mol. The van der Waals surface area contributed by atoms with Crippen LogP contribution in [0.1, 0.15) is 32.8 Å². The van der Waals surface area contributed by atoms with Crippen LogP contribution in [0.5, 0.6) is 0 Å². The molecule has 0 spiro atoms. The van der Waals surface area contributed by atoms with E-state index in [1.165, 1.54) is 0 Å². The zero-order valence-electron chi connectivity index (χ0n) is 12.0. The summed E-state index contributed by atoms with van der Waals surface area (Å²) in [5.74, 6) is 0. The fourth-order valence-electron chi connectivity index (χ4n) is 1.97. The van der Waals surface area contributed by atoms with E-state index in [1.807, 2.05) is 37.3 Å². The van der Waals surface area contributed by atoms with Crippen molar-refractivity contribution < 1.29 is 9.53 Å². The molecule has 0 saturated heterocycles. The molecule has 0 saturated carbocycles. The molecule has 1 amide bonds. The van der Waals surface area contributed by atoms with Crippen molar-refractivity contribution in [3.05, 3.63) is 48.0 Å². The fraction of sp³-hybridized carbons (Fsp3) is 0.438. The number of carbonyl (C=O) groups is 1. The molecule has 1 N–H and O–H groups in total. The number of hydrogen-bond acceptors (Lipinski definition) is 2. The molecule has 104 valence electrons. The summed E-state index contributed by atoms with van der Waals surface area (Å²) in [6.45, 7) is 11.0. The van der Waals surface area contributed by atoms with Gasteiger partial charge in [-0.05, 0) is 24.3 Å². The van der Waals surface area contributed by atoms with Crippen LogP contribution in [-0.4, -0.2) is 12.6 Å². The lowest BCUT2D eigenvalue weighted by molar-refractivity contribution is 0.135. The number of amides is 1. The molecule has 0 atom stereocenters. The summed E-state index contributed by atoms with van der Waals surface area (Å²) in [4.78, 5) is 11.6. The van der Waals surface area contributed by atoms with Gasteiger partial charge in [0, 0.05) is 6.54 Å². The number of carbonyl (C=O) groups excluding carboxylic acids is 1. The molecule has 1 aromatic rings. The van der Waals surface area contributed by atoms with E-state index < -0.39 is 0 Å². The van der Waals surface area contributed by atoms with Gasteiger partial charge in [0.05, 0.1) is 0 Å². The second-order valence-electron chi connectivity index (χ2n) is 5.71. The van der Waals surface area contributed by atoms with Gasteiger partial charge in [0.15, 0.2) is 0 Å². The van der Waals surface area contributed by atoms with Crippen LogP contribution in [0.2, 0.25) is 0 Å². The maximum atomic E-state index is 11.6. The minimum absolute atomic E-state index is 0.00238. The van der Waals surface area contributed by atoms with Crippen molar-refractivity contribution in [3.63, 3.8) is 0 Å². The zero-order chi connectivity index (χ0) is 14.3. The number of alkyl carbamates (subject to hydrolysis) is 1. The van der Waals surface area contributed by atoms with Gasteiger partial charge in [0.2, 0.25) is 0 Å². The van der Waals surface area contributed by atoms with Crippen LogP contribution in [0.15, 0.2) is 42.5 Å². The molecule has 0 unspecified atom stereocenters. The molecule has 19 heavy (non-hydrogen) atoms. The molecule has 1 aromatic carbocycles. The summed E-state index contributed by atoms with van der Waals surface area (Å²) in [7, 11) is 0. The maximum Gasteiger partial charge on any atom is 0.407 e. The minimum atomic E-state index is -0.376. The molecule has 0 bridgehead atoms. The summed E-state index contributed by atoms with van der Waals surface area (Å²) >= 11 is 0. The molecule has 3 nitrogen and oxygen atoms in total. The van der Waals surface area contributed by atoms with Gasteiger partial charge in [-0.1, -0.05) is 49.8 Å². The van der Waals surface area contributed by atoms with Crippen molar-refractivity contribution in [2.45, 2.75) is 33.8 Å². The van der Waals surface area contributed by atoms with Gasteiger partial charge in [-0.3, -0.25) is 0 Å². The molecule has 0 aliphatic heterocycles. The van der Waals surface area contributed by atoms with E-state index in [9.17, 15) is 4.79 Å². The first-order valence-corrected chi connectivity index (χ1v) is 6.48. The third-order valence-corrected chi connectivity index (χ3v) is 2.70. The molecule has 0 aromatic heterocycles. The molecule has 0 aliphatic rings. The summed E-state index contributed by atoms with van der Waals surface area (Å²) < 4.78 is 5.16. The number of nitrogens with one attached hydrogen (secondary N) is 1. The Labute approximate surface area is 115 Å². The highest BCUT2D eigenvalue weighted by Gasteiger charge is 2.19. The zero-order valence-corrected chi connectivity index (χ0v) is 12.0. The van der Waals surface area contributed by atoms with E-state index in [-0.39, 0.29) is 11.5 Å². The van der Waals surface area contributed by atoms with Crippen LogP contribution in [0.4, 0.5) is 4.79 Å². The summed E-state index contributed by atoms with van der Waals surface area (Å²) in [6, 6.07) is 9.64. The lowest BCUT2D eigenvalue weighted by Crippen LogP contribution is -2.34. The monoisotopic (exact) mass is 261 g/mol. The predicted octanol–water partition coefficient (Wildman–Crippen LogP) is 3.91. The normalized spacial score (nSPS) is 10.9. The van der Waals surface area contributed by atoms with Crippen LogP contribution >= 0.6 is 0 Å². The van der Waals surface area contributed by atoms with E-state index in [1.54, 1.807) is 0 Å².